The molecular weight excluding hydrogens is 280 g/mol. The molecule has 0 aliphatic carbocycles. The van der Waals surface area contributed by atoms with Gasteiger partial charge in [-0.1, -0.05) is 0 Å². The molecule has 0 amide bonds. The van der Waals surface area contributed by atoms with Gasteiger partial charge in [-0.05, 0) is 23.8 Å². The molecule has 2 aromatic rings. The molecule has 102 valence electrons. The number of nitrogens with zero attached hydrogens (tertiary/aromatic N) is 1. The summed E-state index contributed by atoms with van der Waals surface area (Å²) in [6.07, 6.45) is -2.82. The van der Waals surface area contributed by atoms with Gasteiger partial charge in [0, 0.05) is 23.5 Å². The second kappa shape index (κ2) is 5.26. The molecule has 0 aliphatic heterocycles. The molecule has 1 atom stereocenters. The molecule has 2 nitrogen and oxygen atoms in total. The summed E-state index contributed by atoms with van der Waals surface area (Å²) in [6, 6.07) is 1.42. The molecule has 19 heavy (non-hydrogen) atoms. The van der Waals surface area contributed by atoms with E-state index in [1.165, 1.54) is 17.5 Å². The van der Waals surface area contributed by atoms with E-state index in [1.807, 2.05) is 0 Å². The van der Waals surface area contributed by atoms with Crippen LogP contribution in [0, 0.1) is 5.82 Å². The molecule has 1 heterocycles. The number of rotatable bonds is 3. The third kappa shape index (κ3) is 3.30. The van der Waals surface area contributed by atoms with Crippen molar-refractivity contribution in [3.05, 3.63) is 51.7 Å². The summed E-state index contributed by atoms with van der Waals surface area (Å²) in [7, 11) is 0. The number of aromatic nitrogens is 1. The molecule has 7 heteroatoms. The van der Waals surface area contributed by atoms with Gasteiger partial charge in [0.15, 0.2) is 0 Å². The second-order valence-electron chi connectivity index (χ2n) is 4.01. The van der Waals surface area contributed by atoms with E-state index in [-0.39, 0.29) is 12.0 Å². The second-order valence-corrected chi connectivity index (χ2v) is 4.98. The number of hydrogen-bond donors (Lipinski definition) is 1. The van der Waals surface area contributed by atoms with Gasteiger partial charge in [0.1, 0.15) is 5.82 Å². The Hall–Kier alpha value is -1.47. The van der Waals surface area contributed by atoms with Crippen molar-refractivity contribution in [3.8, 4) is 0 Å². The topological polar surface area (TPSA) is 38.9 Å². The molecule has 0 spiro atoms. The molecular formula is C12H10F4N2S. The summed E-state index contributed by atoms with van der Waals surface area (Å²) in [5, 5.41) is 0. The molecule has 0 saturated heterocycles. The van der Waals surface area contributed by atoms with Crippen molar-refractivity contribution in [3.63, 3.8) is 0 Å². The predicted molar refractivity (Wildman–Crippen MR) is 64.1 cm³/mol. The largest absolute Gasteiger partial charge is 0.416 e. The van der Waals surface area contributed by atoms with Crippen LogP contribution >= 0.6 is 11.3 Å². The Morgan fingerprint density at radius 3 is 2.63 bits per heavy atom. The predicted octanol–water partition coefficient (Wildman–Crippen LogP) is 3.54. The third-order valence-electron chi connectivity index (χ3n) is 2.62. The highest BCUT2D eigenvalue weighted by atomic mass is 32.1. The van der Waals surface area contributed by atoms with Crippen LogP contribution in [0.15, 0.2) is 29.9 Å². The maximum atomic E-state index is 13.1. The van der Waals surface area contributed by atoms with Crippen LogP contribution in [0.3, 0.4) is 0 Å². The molecule has 0 saturated carbocycles. The highest BCUT2D eigenvalue weighted by Gasteiger charge is 2.34. The fourth-order valence-electron chi connectivity index (χ4n) is 1.77. The summed E-state index contributed by atoms with van der Waals surface area (Å²) in [5.41, 5.74) is 6.20. The summed E-state index contributed by atoms with van der Waals surface area (Å²) < 4.78 is 51.6. The molecule has 1 unspecified atom stereocenters. The minimum absolute atomic E-state index is 0.192. The lowest BCUT2D eigenvalue weighted by atomic mass is 9.97. The monoisotopic (exact) mass is 290 g/mol. The molecule has 2 rings (SSSR count). The average Bonchev–Trinajstić information content (AvgIpc) is 2.80. The van der Waals surface area contributed by atoms with Gasteiger partial charge in [-0.25, -0.2) is 4.39 Å². The highest BCUT2D eigenvalue weighted by Crippen LogP contribution is 2.35. The van der Waals surface area contributed by atoms with E-state index >= 15 is 0 Å². The third-order valence-corrected chi connectivity index (χ3v) is 3.42. The zero-order valence-electron chi connectivity index (χ0n) is 9.62. The van der Waals surface area contributed by atoms with Crippen LogP contribution in [0.5, 0.6) is 0 Å². The Kier molecular flexibility index (Phi) is 3.86. The van der Waals surface area contributed by atoms with E-state index in [9.17, 15) is 17.6 Å². The van der Waals surface area contributed by atoms with E-state index in [0.29, 0.717) is 0 Å². The zero-order valence-corrected chi connectivity index (χ0v) is 10.4. The van der Waals surface area contributed by atoms with Gasteiger partial charge in [-0.2, -0.15) is 13.2 Å². The van der Waals surface area contributed by atoms with Crippen molar-refractivity contribution < 1.29 is 17.6 Å². The van der Waals surface area contributed by atoms with Crippen LogP contribution < -0.4 is 5.73 Å². The first-order valence-electron chi connectivity index (χ1n) is 5.37. The van der Waals surface area contributed by atoms with Gasteiger partial charge >= 0.3 is 6.18 Å². The van der Waals surface area contributed by atoms with Gasteiger partial charge in [0.2, 0.25) is 0 Å². The first kappa shape index (κ1) is 14.0. The smallest absolute Gasteiger partial charge is 0.324 e. The average molecular weight is 290 g/mol. The van der Waals surface area contributed by atoms with Gasteiger partial charge in [-0.3, -0.25) is 4.98 Å². The van der Waals surface area contributed by atoms with Crippen molar-refractivity contribution in [1.82, 2.24) is 4.98 Å². The minimum Gasteiger partial charge on any atom is -0.324 e. The van der Waals surface area contributed by atoms with Crippen molar-refractivity contribution in [2.24, 2.45) is 5.73 Å². The Labute approximate surface area is 110 Å². The van der Waals surface area contributed by atoms with Gasteiger partial charge in [0.25, 0.3) is 0 Å². The van der Waals surface area contributed by atoms with E-state index in [0.717, 1.165) is 23.1 Å². The number of halogens is 4. The Balaban J connectivity index is 2.34. The quantitative estimate of drug-likeness (QED) is 0.878. The van der Waals surface area contributed by atoms with Crippen LogP contribution in [0.4, 0.5) is 17.6 Å². The zero-order chi connectivity index (χ0) is 14.0. The Bertz CT molecular complexity index is 551. The lowest BCUT2D eigenvalue weighted by Gasteiger charge is -2.17. The summed E-state index contributed by atoms with van der Waals surface area (Å²) in [6.45, 7) is 0. The molecule has 1 aromatic carbocycles. The van der Waals surface area contributed by atoms with Crippen LogP contribution in [-0.4, -0.2) is 4.98 Å². The van der Waals surface area contributed by atoms with Crippen molar-refractivity contribution in [1.29, 1.82) is 0 Å². The van der Waals surface area contributed by atoms with E-state index in [1.54, 1.807) is 5.51 Å². The van der Waals surface area contributed by atoms with Crippen LogP contribution in [-0.2, 0) is 12.6 Å². The fraction of sp³-hybridized carbons (Fsp3) is 0.250. The number of nitrogens with two attached hydrogens (primary N) is 1. The lowest BCUT2D eigenvalue weighted by molar-refractivity contribution is -0.138. The van der Waals surface area contributed by atoms with E-state index in [2.05, 4.69) is 4.98 Å². The maximum absolute atomic E-state index is 13.1. The summed E-state index contributed by atoms with van der Waals surface area (Å²) >= 11 is 1.30. The Morgan fingerprint density at radius 2 is 2.05 bits per heavy atom. The fourth-order valence-corrected chi connectivity index (χ4v) is 2.42. The van der Waals surface area contributed by atoms with Crippen LogP contribution in [0.2, 0.25) is 0 Å². The molecule has 0 fully saturated rings. The standard InChI is InChI=1S/C12H10F4N2S/c13-7-1-2-10(12(14,15)16)9(3-7)11(17)4-8-5-18-6-19-8/h1-3,5-6,11H,4,17H2. The van der Waals surface area contributed by atoms with Crippen LogP contribution in [0.1, 0.15) is 22.0 Å². The van der Waals surface area contributed by atoms with Crippen molar-refractivity contribution in [2.75, 3.05) is 0 Å². The van der Waals surface area contributed by atoms with Gasteiger partial charge < -0.3 is 5.73 Å². The number of thiazole rings is 1. The molecule has 0 aliphatic rings. The van der Waals surface area contributed by atoms with Crippen LogP contribution in [0.25, 0.3) is 0 Å². The molecule has 1 aromatic heterocycles. The molecule has 0 bridgehead atoms. The molecule has 0 radical (unpaired) electrons. The van der Waals surface area contributed by atoms with Crippen molar-refractivity contribution >= 4 is 11.3 Å². The van der Waals surface area contributed by atoms with Gasteiger partial charge in [-0.15, -0.1) is 11.3 Å². The number of alkyl halides is 3. The SMILES string of the molecule is NC(Cc1cncs1)c1cc(F)ccc1C(F)(F)F. The van der Waals surface area contributed by atoms with Crippen molar-refractivity contribution in [2.45, 2.75) is 18.6 Å². The van der Waals surface area contributed by atoms with E-state index < -0.39 is 23.6 Å². The molecule has 2 N–H and O–H groups in total. The number of hydrogen-bond acceptors (Lipinski definition) is 3. The van der Waals surface area contributed by atoms with Gasteiger partial charge in [0.05, 0.1) is 11.1 Å². The number of benzene rings is 1. The van der Waals surface area contributed by atoms with E-state index in [4.69, 9.17) is 5.73 Å². The Morgan fingerprint density at radius 1 is 1.32 bits per heavy atom. The normalized spacial score (nSPS) is 13.5. The highest BCUT2D eigenvalue weighted by molar-refractivity contribution is 7.09. The summed E-state index contributed by atoms with van der Waals surface area (Å²) in [5.74, 6) is -0.734. The lowest BCUT2D eigenvalue weighted by Crippen LogP contribution is -2.19. The minimum atomic E-state index is -4.55. The maximum Gasteiger partial charge on any atom is 0.416 e. The summed E-state index contributed by atoms with van der Waals surface area (Å²) in [4.78, 5) is 4.58. The first-order valence-corrected chi connectivity index (χ1v) is 6.25. The first-order chi connectivity index (χ1) is 8.88.